The van der Waals surface area contributed by atoms with Crippen molar-refractivity contribution in [1.82, 2.24) is 15.2 Å². The number of carbonyl (C=O) groups excluding carboxylic acids is 1. The normalized spacial score (nSPS) is 27.2. The Morgan fingerprint density at radius 1 is 1.35 bits per heavy atom. The monoisotopic (exact) mass is 235 g/mol. The second-order valence-electron chi connectivity index (χ2n) is 4.75. The Hall–Kier alpha value is -1.49. The van der Waals surface area contributed by atoms with Gasteiger partial charge in [-0.3, -0.25) is 4.79 Å². The third kappa shape index (κ3) is 1.91. The van der Waals surface area contributed by atoms with E-state index < -0.39 is 5.82 Å². The number of amides is 1. The number of rotatable bonds is 1. The molecule has 2 saturated heterocycles. The highest BCUT2D eigenvalue weighted by molar-refractivity contribution is 5.92. The molecule has 1 aromatic rings. The van der Waals surface area contributed by atoms with Crippen molar-refractivity contribution >= 4 is 5.91 Å². The maximum Gasteiger partial charge on any atom is 0.272 e. The average Bonchev–Trinajstić information content (AvgIpc) is 2.89. The van der Waals surface area contributed by atoms with Gasteiger partial charge in [0.15, 0.2) is 0 Å². The first kappa shape index (κ1) is 10.7. The predicted octanol–water partition coefficient (Wildman–Crippen LogP) is 0.512. The summed E-state index contributed by atoms with van der Waals surface area (Å²) in [6, 6.07) is 2.72. The number of carbonyl (C=O) groups is 1. The topological polar surface area (TPSA) is 45.2 Å². The van der Waals surface area contributed by atoms with Gasteiger partial charge in [0, 0.05) is 26.2 Å². The summed E-state index contributed by atoms with van der Waals surface area (Å²) in [6.07, 6.45) is 1.09. The van der Waals surface area contributed by atoms with Gasteiger partial charge < -0.3 is 10.2 Å². The first-order chi connectivity index (χ1) is 8.24. The van der Waals surface area contributed by atoms with Crippen molar-refractivity contribution in [3.05, 3.63) is 29.8 Å². The number of hydrogen-bond acceptors (Lipinski definition) is 3. The molecule has 2 aliphatic heterocycles. The van der Waals surface area contributed by atoms with Crippen LogP contribution in [0.3, 0.4) is 0 Å². The molecule has 0 saturated carbocycles. The minimum atomic E-state index is -0.413. The molecule has 5 heteroatoms. The molecule has 17 heavy (non-hydrogen) atoms. The van der Waals surface area contributed by atoms with Crippen LogP contribution in [0.5, 0.6) is 0 Å². The van der Waals surface area contributed by atoms with E-state index in [1.807, 2.05) is 4.90 Å². The van der Waals surface area contributed by atoms with Gasteiger partial charge in [0.05, 0.1) is 6.20 Å². The third-order valence-electron chi connectivity index (χ3n) is 3.62. The lowest BCUT2D eigenvalue weighted by Crippen LogP contribution is -2.32. The molecule has 90 valence electrons. The minimum absolute atomic E-state index is 0.0839. The number of aromatic nitrogens is 1. The smallest absolute Gasteiger partial charge is 0.272 e. The molecule has 1 N–H and O–H groups in total. The Kier molecular flexibility index (Phi) is 2.55. The van der Waals surface area contributed by atoms with Crippen molar-refractivity contribution in [2.45, 2.75) is 0 Å². The van der Waals surface area contributed by atoms with Crippen LogP contribution >= 0.6 is 0 Å². The fraction of sp³-hybridized carbons (Fsp3) is 0.500. The first-order valence-corrected chi connectivity index (χ1v) is 5.85. The van der Waals surface area contributed by atoms with Crippen molar-refractivity contribution in [2.24, 2.45) is 11.8 Å². The Bertz CT molecular complexity index is 422. The average molecular weight is 235 g/mol. The highest BCUT2D eigenvalue weighted by atomic mass is 19.1. The van der Waals surface area contributed by atoms with E-state index in [4.69, 9.17) is 0 Å². The van der Waals surface area contributed by atoms with Gasteiger partial charge in [-0.2, -0.15) is 0 Å². The van der Waals surface area contributed by atoms with E-state index in [-0.39, 0.29) is 5.91 Å². The van der Waals surface area contributed by atoms with Crippen LogP contribution in [0.1, 0.15) is 10.5 Å². The number of nitrogens with zero attached hydrogens (tertiary/aromatic N) is 2. The highest BCUT2D eigenvalue weighted by Crippen LogP contribution is 2.27. The summed E-state index contributed by atoms with van der Waals surface area (Å²) in [5.74, 6) is 0.641. The van der Waals surface area contributed by atoms with Crippen LogP contribution < -0.4 is 5.32 Å². The standard InChI is InChI=1S/C12H14FN3O/c13-10-1-2-11(15-5-10)12(17)16-6-8-3-14-4-9(8)7-16/h1-2,5,8-9,14H,3-4,6-7H2. The number of pyridine rings is 1. The number of nitrogens with one attached hydrogen (secondary N) is 1. The molecule has 2 aliphatic rings. The Morgan fingerprint density at radius 3 is 2.65 bits per heavy atom. The molecule has 2 unspecified atom stereocenters. The van der Waals surface area contributed by atoms with Gasteiger partial charge in [0.2, 0.25) is 0 Å². The predicted molar refractivity (Wildman–Crippen MR) is 59.9 cm³/mol. The molecule has 0 aromatic carbocycles. The van der Waals surface area contributed by atoms with Gasteiger partial charge >= 0.3 is 0 Å². The Labute approximate surface area is 98.8 Å². The van der Waals surface area contributed by atoms with Gasteiger partial charge in [0.1, 0.15) is 11.5 Å². The molecule has 1 aromatic heterocycles. The zero-order valence-electron chi connectivity index (χ0n) is 9.40. The van der Waals surface area contributed by atoms with Gasteiger partial charge in [-0.25, -0.2) is 9.37 Å². The van der Waals surface area contributed by atoms with Crippen LogP contribution in [-0.2, 0) is 0 Å². The van der Waals surface area contributed by atoms with E-state index in [0.29, 0.717) is 17.5 Å². The lowest BCUT2D eigenvalue weighted by atomic mass is 10.0. The van der Waals surface area contributed by atoms with Gasteiger partial charge in [0.25, 0.3) is 5.91 Å². The molecule has 2 fully saturated rings. The zero-order valence-corrected chi connectivity index (χ0v) is 9.40. The SMILES string of the molecule is O=C(c1ccc(F)cn1)N1CC2CNCC2C1. The van der Waals surface area contributed by atoms with Crippen LogP contribution in [0.2, 0.25) is 0 Å². The molecule has 3 rings (SSSR count). The molecular formula is C12H14FN3O. The molecule has 1 amide bonds. The summed E-state index contributed by atoms with van der Waals surface area (Å²) in [5.41, 5.74) is 0.333. The molecule has 0 bridgehead atoms. The summed E-state index contributed by atoms with van der Waals surface area (Å²) < 4.78 is 12.7. The van der Waals surface area contributed by atoms with Crippen LogP contribution in [-0.4, -0.2) is 42.0 Å². The number of halogens is 1. The van der Waals surface area contributed by atoms with E-state index in [1.54, 1.807) is 0 Å². The van der Waals surface area contributed by atoms with Crippen LogP contribution in [0.25, 0.3) is 0 Å². The van der Waals surface area contributed by atoms with Gasteiger partial charge in [-0.1, -0.05) is 0 Å². The fourth-order valence-electron chi connectivity index (χ4n) is 2.69. The van der Waals surface area contributed by atoms with E-state index >= 15 is 0 Å². The minimum Gasteiger partial charge on any atom is -0.337 e. The Balaban J connectivity index is 1.73. The van der Waals surface area contributed by atoms with E-state index in [1.165, 1.54) is 12.1 Å². The molecule has 0 aliphatic carbocycles. The van der Waals surface area contributed by atoms with Crippen LogP contribution in [0, 0.1) is 17.7 Å². The highest BCUT2D eigenvalue weighted by Gasteiger charge is 2.38. The lowest BCUT2D eigenvalue weighted by Gasteiger charge is -2.16. The summed E-state index contributed by atoms with van der Waals surface area (Å²) in [4.78, 5) is 17.8. The second-order valence-corrected chi connectivity index (χ2v) is 4.75. The van der Waals surface area contributed by atoms with Crippen molar-refractivity contribution in [3.63, 3.8) is 0 Å². The molecule has 0 radical (unpaired) electrons. The van der Waals surface area contributed by atoms with E-state index in [2.05, 4.69) is 10.3 Å². The van der Waals surface area contributed by atoms with Gasteiger partial charge in [-0.05, 0) is 24.0 Å². The van der Waals surface area contributed by atoms with Crippen molar-refractivity contribution < 1.29 is 9.18 Å². The van der Waals surface area contributed by atoms with Crippen molar-refractivity contribution in [3.8, 4) is 0 Å². The molecule has 0 spiro atoms. The second kappa shape index (κ2) is 4.07. The maximum absolute atomic E-state index is 12.7. The van der Waals surface area contributed by atoms with E-state index in [0.717, 1.165) is 32.4 Å². The molecule has 2 atom stereocenters. The third-order valence-corrected chi connectivity index (χ3v) is 3.62. The number of likely N-dealkylation sites (tertiary alicyclic amines) is 1. The van der Waals surface area contributed by atoms with Crippen molar-refractivity contribution in [2.75, 3.05) is 26.2 Å². The summed E-state index contributed by atoms with van der Waals surface area (Å²) >= 11 is 0. The van der Waals surface area contributed by atoms with Crippen LogP contribution in [0.4, 0.5) is 4.39 Å². The maximum atomic E-state index is 12.7. The molecule has 3 heterocycles. The Morgan fingerprint density at radius 2 is 2.06 bits per heavy atom. The van der Waals surface area contributed by atoms with Crippen molar-refractivity contribution in [1.29, 1.82) is 0 Å². The fourth-order valence-corrected chi connectivity index (χ4v) is 2.69. The van der Waals surface area contributed by atoms with E-state index in [9.17, 15) is 9.18 Å². The molecular weight excluding hydrogens is 221 g/mol. The lowest BCUT2D eigenvalue weighted by molar-refractivity contribution is 0.0776. The first-order valence-electron chi connectivity index (χ1n) is 5.85. The number of hydrogen-bond donors (Lipinski definition) is 1. The number of fused-ring (bicyclic) bond motifs is 1. The zero-order chi connectivity index (χ0) is 11.8. The summed E-state index contributed by atoms with van der Waals surface area (Å²) in [7, 11) is 0. The largest absolute Gasteiger partial charge is 0.337 e. The van der Waals surface area contributed by atoms with Crippen LogP contribution in [0.15, 0.2) is 18.3 Å². The quantitative estimate of drug-likeness (QED) is 0.771. The van der Waals surface area contributed by atoms with Gasteiger partial charge in [-0.15, -0.1) is 0 Å². The molecule has 4 nitrogen and oxygen atoms in total. The summed E-state index contributed by atoms with van der Waals surface area (Å²) in [6.45, 7) is 3.56. The summed E-state index contributed by atoms with van der Waals surface area (Å²) in [5, 5.41) is 3.33.